The fraction of sp³-hybridized carbons (Fsp3) is 0.400. The number of carbonyl (C=O) groups is 1. The number of pyridine rings is 1. The van der Waals surface area contributed by atoms with Crippen molar-refractivity contribution in [2.45, 2.75) is 56.8 Å². The molecule has 3 aromatic rings. The summed E-state index contributed by atoms with van der Waals surface area (Å²) in [6.07, 6.45) is 4.55. The molecule has 5 rings (SSSR count). The second-order valence-corrected chi connectivity index (χ2v) is 10.9. The Balaban J connectivity index is 1.41. The van der Waals surface area contributed by atoms with Gasteiger partial charge in [0.1, 0.15) is 5.60 Å². The van der Waals surface area contributed by atoms with E-state index in [1.165, 1.54) is 0 Å². The topological polar surface area (TPSA) is 71.8 Å². The van der Waals surface area contributed by atoms with Gasteiger partial charge in [-0.05, 0) is 60.9 Å². The van der Waals surface area contributed by atoms with E-state index in [0.29, 0.717) is 25.3 Å². The number of nitrogens with zero attached hydrogens (tertiary/aromatic N) is 2. The lowest BCUT2D eigenvalue weighted by atomic mass is 9.80. The molecule has 1 aliphatic carbocycles. The predicted octanol–water partition coefficient (Wildman–Crippen LogP) is 5.40. The summed E-state index contributed by atoms with van der Waals surface area (Å²) >= 11 is 0. The highest BCUT2D eigenvalue weighted by Crippen LogP contribution is 2.48. The maximum Gasteiger partial charge on any atom is 0.411 e. The predicted molar refractivity (Wildman–Crippen MR) is 139 cm³/mol. The van der Waals surface area contributed by atoms with Crippen molar-refractivity contribution in [2.75, 3.05) is 6.54 Å². The van der Waals surface area contributed by atoms with Gasteiger partial charge in [-0.1, -0.05) is 54.6 Å². The van der Waals surface area contributed by atoms with E-state index in [4.69, 9.17) is 4.74 Å². The Bertz CT molecular complexity index is 1290. The van der Waals surface area contributed by atoms with Gasteiger partial charge in [0.2, 0.25) is 0 Å². The highest BCUT2D eigenvalue weighted by Gasteiger charge is 2.49. The molecular formula is C30H34N2O4. The molecule has 2 aromatic carbocycles. The van der Waals surface area contributed by atoms with Crippen molar-refractivity contribution < 1.29 is 14.6 Å². The summed E-state index contributed by atoms with van der Waals surface area (Å²) in [4.78, 5) is 27.5. The summed E-state index contributed by atoms with van der Waals surface area (Å²) in [5.41, 5.74) is 1.96. The Morgan fingerprint density at radius 2 is 1.72 bits per heavy atom. The molecule has 2 heterocycles. The van der Waals surface area contributed by atoms with Gasteiger partial charge in [-0.25, -0.2) is 4.79 Å². The first-order valence-corrected chi connectivity index (χ1v) is 12.7. The summed E-state index contributed by atoms with van der Waals surface area (Å²) in [7, 11) is 1.74. The molecule has 2 atom stereocenters. The zero-order valence-corrected chi connectivity index (χ0v) is 21.2. The van der Waals surface area contributed by atoms with Crippen LogP contribution in [0.3, 0.4) is 0 Å². The van der Waals surface area contributed by atoms with E-state index in [2.05, 4.69) is 12.1 Å². The third kappa shape index (κ3) is 4.96. The van der Waals surface area contributed by atoms with Gasteiger partial charge in [0.25, 0.3) is 5.56 Å². The van der Waals surface area contributed by atoms with Gasteiger partial charge < -0.3 is 19.3 Å². The van der Waals surface area contributed by atoms with Crippen LogP contribution in [0.25, 0.3) is 11.1 Å². The van der Waals surface area contributed by atoms with E-state index in [1.54, 1.807) is 37.7 Å². The molecule has 2 fully saturated rings. The van der Waals surface area contributed by atoms with Crippen LogP contribution in [0.5, 0.6) is 0 Å². The third-order valence-electron chi connectivity index (χ3n) is 7.39. The molecule has 6 heteroatoms. The molecule has 6 nitrogen and oxygen atoms in total. The Kier molecular flexibility index (Phi) is 6.25. The molecule has 1 aromatic heterocycles. The molecule has 188 valence electrons. The number of aryl methyl sites for hydroxylation is 1. The van der Waals surface area contributed by atoms with Gasteiger partial charge in [-0.15, -0.1) is 0 Å². The van der Waals surface area contributed by atoms with Crippen LogP contribution >= 0.6 is 0 Å². The molecule has 0 bridgehead atoms. The van der Waals surface area contributed by atoms with Crippen molar-refractivity contribution in [1.82, 2.24) is 9.47 Å². The average molecular weight is 487 g/mol. The molecule has 1 N–H and O–H groups in total. The van der Waals surface area contributed by atoms with E-state index in [1.807, 2.05) is 53.4 Å². The molecule has 1 unspecified atom stereocenters. The molecule has 2 aliphatic rings. The Hall–Kier alpha value is -3.38. The van der Waals surface area contributed by atoms with Crippen molar-refractivity contribution in [3.8, 4) is 11.1 Å². The Morgan fingerprint density at radius 1 is 1.03 bits per heavy atom. The van der Waals surface area contributed by atoms with Gasteiger partial charge in [0.05, 0.1) is 11.6 Å². The van der Waals surface area contributed by atoms with Crippen molar-refractivity contribution >= 4 is 6.09 Å². The molecule has 1 saturated carbocycles. The highest BCUT2D eigenvalue weighted by atomic mass is 16.6. The van der Waals surface area contributed by atoms with E-state index in [0.717, 1.165) is 35.1 Å². The molecule has 1 aliphatic heterocycles. The first-order valence-electron chi connectivity index (χ1n) is 12.7. The minimum absolute atomic E-state index is 0.0450. The minimum atomic E-state index is -0.984. The number of carbonyl (C=O) groups excluding carboxylic acids is 1. The fourth-order valence-electron chi connectivity index (χ4n) is 5.51. The average Bonchev–Trinajstić information content (AvgIpc) is 3.68. The van der Waals surface area contributed by atoms with Crippen LogP contribution in [0.4, 0.5) is 4.79 Å². The number of rotatable bonds is 7. The number of hydrogen-bond donors (Lipinski definition) is 1. The second-order valence-electron chi connectivity index (χ2n) is 10.9. The molecule has 0 spiro atoms. The number of aliphatic hydroxyl groups is 1. The third-order valence-corrected chi connectivity index (χ3v) is 7.39. The van der Waals surface area contributed by atoms with Crippen LogP contribution in [-0.2, 0) is 17.4 Å². The largest absolute Gasteiger partial charge is 0.438 e. The van der Waals surface area contributed by atoms with Gasteiger partial charge in [0.15, 0.2) is 0 Å². The zero-order valence-electron chi connectivity index (χ0n) is 21.2. The molecular weight excluding hydrogens is 452 g/mol. The summed E-state index contributed by atoms with van der Waals surface area (Å²) in [5, 5.41) is 10.7. The molecule has 0 radical (unpaired) electrons. The summed E-state index contributed by atoms with van der Waals surface area (Å²) in [6, 6.07) is 21.5. The second kappa shape index (κ2) is 9.25. The van der Waals surface area contributed by atoms with Crippen molar-refractivity contribution in [2.24, 2.45) is 13.0 Å². The van der Waals surface area contributed by atoms with Crippen LogP contribution in [0.15, 0.2) is 77.7 Å². The maximum atomic E-state index is 13.6. The number of benzene rings is 2. The van der Waals surface area contributed by atoms with E-state index in [9.17, 15) is 14.7 Å². The Labute approximate surface area is 212 Å². The van der Waals surface area contributed by atoms with Crippen LogP contribution in [0.2, 0.25) is 0 Å². The highest BCUT2D eigenvalue weighted by molar-refractivity contribution is 5.71. The van der Waals surface area contributed by atoms with Crippen molar-refractivity contribution in [3.05, 3.63) is 94.4 Å². The fourth-order valence-corrected chi connectivity index (χ4v) is 5.51. The van der Waals surface area contributed by atoms with Crippen molar-refractivity contribution in [3.63, 3.8) is 0 Å². The summed E-state index contributed by atoms with van der Waals surface area (Å²) in [5.74, 6) is 0.408. The molecule has 36 heavy (non-hydrogen) atoms. The monoisotopic (exact) mass is 486 g/mol. The normalized spacial score (nSPS) is 21.2. The lowest BCUT2D eigenvalue weighted by molar-refractivity contribution is -0.103. The van der Waals surface area contributed by atoms with E-state index < -0.39 is 11.2 Å². The summed E-state index contributed by atoms with van der Waals surface area (Å²) in [6.45, 7) is 4.07. The van der Waals surface area contributed by atoms with Crippen LogP contribution in [0, 0.1) is 5.92 Å². The van der Waals surface area contributed by atoms with Gasteiger partial charge >= 0.3 is 6.09 Å². The number of ether oxygens (including phenoxy) is 1. The van der Waals surface area contributed by atoms with Gasteiger partial charge in [-0.2, -0.15) is 0 Å². The van der Waals surface area contributed by atoms with E-state index in [-0.39, 0.29) is 17.7 Å². The Morgan fingerprint density at radius 3 is 2.31 bits per heavy atom. The number of hydrogen-bond acceptors (Lipinski definition) is 4. The quantitative estimate of drug-likeness (QED) is 0.485. The summed E-state index contributed by atoms with van der Waals surface area (Å²) < 4.78 is 7.79. The number of cyclic esters (lactones) is 1. The SMILES string of the molecule is Cn1ccc(-c2ccc(C(C3CC3)N3CC[C@@](CC(C)(C)O)(c4ccccc4)OC3=O)cc2)cc1=O. The molecule has 1 saturated heterocycles. The standard InChI is InChI=1S/C30H34N2O4/c1-29(2,35)20-30(25-7-5-4-6-8-25)16-18-32(28(34)36-30)27(23-13-14-23)22-11-9-21(10-12-22)24-15-17-31(3)26(33)19-24/h4-12,15,17,19,23,27,35H,13-14,16,18,20H2,1-3H3/t27?,30-/m1/s1. The van der Waals surface area contributed by atoms with Crippen LogP contribution in [0.1, 0.15) is 56.7 Å². The number of aromatic nitrogens is 1. The minimum Gasteiger partial charge on any atom is -0.438 e. The zero-order chi connectivity index (χ0) is 25.5. The van der Waals surface area contributed by atoms with Crippen molar-refractivity contribution in [1.29, 1.82) is 0 Å². The van der Waals surface area contributed by atoms with Gasteiger partial charge in [0, 0.05) is 38.7 Å². The smallest absolute Gasteiger partial charge is 0.411 e. The van der Waals surface area contributed by atoms with Gasteiger partial charge in [-0.3, -0.25) is 4.79 Å². The molecule has 1 amide bonds. The lowest BCUT2D eigenvalue weighted by Crippen LogP contribution is -2.51. The lowest BCUT2D eigenvalue weighted by Gasteiger charge is -2.46. The maximum absolute atomic E-state index is 13.6. The number of amides is 1. The van der Waals surface area contributed by atoms with Crippen LogP contribution in [-0.4, -0.2) is 32.8 Å². The van der Waals surface area contributed by atoms with Crippen LogP contribution < -0.4 is 5.56 Å². The first-order chi connectivity index (χ1) is 17.2. The van der Waals surface area contributed by atoms with E-state index >= 15 is 0 Å². The first kappa shape index (κ1) is 24.3.